The number of carbonyl (C=O) groups excluding carboxylic acids is 1. The molecule has 0 aromatic rings. The molecule has 0 spiro atoms. The highest BCUT2D eigenvalue weighted by atomic mass is 32.2. The summed E-state index contributed by atoms with van der Waals surface area (Å²) in [6.07, 6.45) is 0.901. The van der Waals surface area contributed by atoms with Gasteiger partial charge in [0.05, 0.1) is 6.04 Å². The molecule has 1 heterocycles. The highest BCUT2D eigenvalue weighted by Crippen LogP contribution is 2.01. The molecule has 2 unspecified atom stereocenters. The Bertz CT molecular complexity index is 235. The molecule has 1 fully saturated rings. The summed E-state index contributed by atoms with van der Waals surface area (Å²) in [5, 5.41) is 0. The normalized spacial score (nSPS) is 26.8. The fourth-order valence-corrected chi connectivity index (χ4v) is 2.56. The van der Waals surface area contributed by atoms with Crippen molar-refractivity contribution >= 4 is 16.7 Å². The Balaban J connectivity index is 2.37. The lowest BCUT2D eigenvalue weighted by molar-refractivity contribution is -0.119. The minimum absolute atomic E-state index is 0.477. The fourth-order valence-electron chi connectivity index (χ4n) is 1.44. The Labute approximate surface area is 86.3 Å². The first-order valence-electron chi connectivity index (χ1n) is 4.72. The highest BCUT2D eigenvalue weighted by molar-refractivity contribution is 7.85. The summed E-state index contributed by atoms with van der Waals surface area (Å²) in [7, 11) is -0.702. The minimum atomic E-state index is -0.702. The molecule has 1 amide bonds. The van der Waals surface area contributed by atoms with E-state index >= 15 is 0 Å². The second-order valence-electron chi connectivity index (χ2n) is 3.51. The van der Waals surface area contributed by atoms with Gasteiger partial charge in [0.1, 0.15) is 0 Å². The van der Waals surface area contributed by atoms with E-state index in [0.717, 1.165) is 25.3 Å². The van der Waals surface area contributed by atoms with Crippen LogP contribution in [-0.4, -0.2) is 52.2 Å². The molecule has 4 N–H and O–H groups in total. The van der Waals surface area contributed by atoms with Crippen LogP contribution in [0.3, 0.4) is 0 Å². The summed E-state index contributed by atoms with van der Waals surface area (Å²) < 4.78 is 11.2. The quantitative estimate of drug-likeness (QED) is 0.589. The van der Waals surface area contributed by atoms with E-state index in [9.17, 15) is 9.00 Å². The van der Waals surface area contributed by atoms with Gasteiger partial charge in [-0.2, -0.15) is 0 Å². The first-order valence-corrected chi connectivity index (χ1v) is 6.20. The second-order valence-corrected chi connectivity index (χ2v) is 5.21. The summed E-state index contributed by atoms with van der Waals surface area (Å²) in [6.45, 7) is 2.08. The maximum absolute atomic E-state index is 11.2. The van der Waals surface area contributed by atoms with Crippen molar-refractivity contribution in [3.05, 3.63) is 0 Å². The molecule has 0 saturated carbocycles. The van der Waals surface area contributed by atoms with Gasteiger partial charge in [0.15, 0.2) is 0 Å². The topological polar surface area (TPSA) is 89.4 Å². The lowest BCUT2D eigenvalue weighted by Crippen LogP contribution is -2.46. The van der Waals surface area contributed by atoms with Crippen LogP contribution >= 0.6 is 0 Å². The average Bonchev–Trinajstić information content (AvgIpc) is 2.31. The van der Waals surface area contributed by atoms with E-state index in [4.69, 9.17) is 11.5 Å². The van der Waals surface area contributed by atoms with E-state index in [1.54, 1.807) is 0 Å². The molecule has 0 aromatic carbocycles. The molecule has 0 aliphatic carbocycles. The first kappa shape index (κ1) is 11.6. The Kier molecular flexibility index (Phi) is 4.50. The van der Waals surface area contributed by atoms with E-state index in [-0.39, 0.29) is 0 Å². The van der Waals surface area contributed by atoms with Gasteiger partial charge in [-0.3, -0.25) is 9.00 Å². The summed E-state index contributed by atoms with van der Waals surface area (Å²) in [5.41, 5.74) is 10.6. The standard InChI is InChI=1S/C8H17N3O2S/c9-7(8(10)12)6-11-2-1-4-14(13)5-3-11/h7H,1-6,9H2,(H2,10,12). The Morgan fingerprint density at radius 3 is 2.79 bits per heavy atom. The van der Waals surface area contributed by atoms with Crippen LogP contribution in [0, 0.1) is 0 Å². The van der Waals surface area contributed by atoms with Gasteiger partial charge in [-0.1, -0.05) is 0 Å². The third kappa shape index (κ3) is 3.73. The fraction of sp³-hybridized carbons (Fsp3) is 0.875. The largest absolute Gasteiger partial charge is 0.368 e. The van der Waals surface area contributed by atoms with Crippen molar-refractivity contribution in [1.29, 1.82) is 0 Å². The van der Waals surface area contributed by atoms with Crippen LogP contribution in [0.5, 0.6) is 0 Å². The lowest BCUT2D eigenvalue weighted by Gasteiger charge is -2.21. The van der Waals surface area contributed by atoms with Crippen molar-refractivity contribution in [2.24, 2.45) is 11.5 Å². The van der Waals surface area contributed by atoms with Crippen LogP contribution < -0.4 is 11.5 Å². The van der Waals surface area contributed by atoms with Crippen molar-refractivity contribution in [1.82, 2.24) is 4.90 Å². The molecule has 0 bridgehead atoms. The average molecular weight is 219 g/mol. The lowest BCUT2D eigenvalue weighted by atomic mass is 10.2. The number of amides is 1. The van der Waals surface area contributed by atoms with Gasteiger partial charge in [0, 0.05) is 35.4 Å². The number of primary amides is 1. The summed E-state index contributed by atoms with van der Waals surface area (Å²) in [4.78, 5) is 12.8. The number of hydrogen-bond donors (Lipinski definition) is 2. The van der Waals surface area contributed by atoms with Crippen LogP contribution in [0.2, 0.25) is 0 Å². The number of carbonyl (C=O) groups is 1. The van der Waals surface area contributed by atoms with E-state index in [2.05, 4.69) is 4.90 Å². The summed E-state index contributed by atoms with van der Waals surface area (Å²) >= 11 is 0. The number of rotatable bonds is 3. The maximum Gasteiger partial charge on any atom is 0.235 e. The van der Waals surface area contributed by atoms with E-state index in [0.29, 0.717) is 12.3 Å². The predicted octanol–water partition coefficient (Wildman–Crippen LogP) is -1.75. The van der Waals surface area contributed by atoms with E-state index in [1.165, 1.54) is 0 Å². The maximum atomic E-state index is 11.2. The Morgan fingerprint density at radius 2 is 2.14 bits per heavy atom. The second kappa shape index (κ2) is 5.43. The van der Waals surface area contributed by atoms with Gasteiger partial charge in [-0.15, -0.1) is 0 Å². The third-order valence-electron chi connectivity index (χ3n) is 2.30. The molecule has 6 heteroatoms. The van der Waals surface area contributed by atoms with Crippen molar-refractivity contribution in [3.8, 4) is 0 Å². The first-order chi connectivity index (χ1) is 6.59. The van der Waals surface area contributed by atoms with Crippen molar-refractivity contribution in [2.75, 3.05) is 31.1 Å². The predicted molar refractivity (Wildman–Crippen MR) is 56.1 cm³/mol. The monoisotopic (exact) mass is 219 g/mol. The SMILES string of the molecule is NC(=O)C(N)CN1CCCS(=O)CC1. The zero-order valence-corrected chi connectivity index (χ0v) is 8.96. The van der Waals surface area contributed by atoms with Crippen LogP contribution in [-0.2, 0) is 15.6 Å². The Hall–Kier alpha value is -0.460. The third-order valence-corrected chi connectivity index (χ3v) is 3.68. The number of nitrogens with zero attached hydrogens (tertiary/aromatic N) is 1. The molecule has 2 atom stereocenters. The molecule has 1 aliphatic heterocycles. The summed E-state index contributed by atoms with van der Waals surface area (Å²) in [5.74, 6) is 0.948. The van der Waals surface area contributed by atoms with Crippen molar-refractivity contribution in [3.63, 3.8) is 0 Å². The molecule has 0 radical (unpaired) electrons. The Morgan fingerprint density at radius 1 is 1.43 bits per heavy atom. The molecular weight excluding hydrogens is 202 g/mol. The molecule has 5 nitrogen and oxygen atoms in total. The zero-order valence-electron chi connectivity index (χ0n) is 8.15. The van der Waals surface area contributed by atoms with Gasteiger partial charge < -0.3 is 16.4 Å². The van der Waals surface area contributed by atoms with Gasteiger partial charge >= 0.3 is 0 Å². The van der Waals surface area contributed by atoms with Crippen molar-refractivity contribution in [2.45, 2.75) is 12.5 Å². The summed E-state index contributed by atoms with van der Waals surface area (Å²) in [6, 6.07) is -0.610. The molecule has 1 saturated heterocycles. The van der Waals surface area contributed by atoms with Gasteiger partial charge in [0.25, 0.3) is 0 Å². The van der Waals surface area contributed by atoms with Crippen LogP contribution in [0.25, 0.3) is 0 Å². The van der Waals surface area contributed by atoms with Crippen LogP contribution in [0.4, 0.5) is 0 Å². The van der Waals surface area contributed by atoms with Crippen LogP contribution in [0.15, 0.2) is 0 Å². The van der Waals surface area contributed by atoms with Crippen LogP contribution in [0.1, 0.15) is 6.42 Å². The number of hydrogen-bond acceptors (Lipinski definition) is 4. The highest BCUT2D eigenvalue weighted by Gasteiger charge is 2.17. The zero-order chi connectivity index (χ0) is 10.6. The van der Waals surface area contributed by atoms with Gasteiger partial charge in [0.2, 0.25) is 5.91 Å². The smallest absolute Gasteiger partial charge is 0.235 e. The molecule has 1 rings (SSSR count). The molecule has 82 valence electrons. The molecule has 14 heavy (non-hydrogen) atoms. The molecule has 1 aliphatic rings. The minimum Gasteiger partial charge on any atom is -0.368 e. The molecular formula is C8H17N3O2S. The van der Waals surface area contributed by atoms with E-state index in [1.807, 2.05) is 0 Å². The van der Waals surface area contributed by atoms with Gasteiger partial charge in [-0.25, -0.2) is 0 Å². The van der Waals surface area contributed by atoms with Crippen molar-refractivity contribution < 1.29 is 9.00 Å². The van der Waals surface area contributed by atoms with Gasteiger partial charge in [-0.05, 0) is 13.0 Å². The molecule has 0 aromatic heterocycles. The number of nitrogens with two attached hydrogens (primary N) is 2. The van der Waals surface area contributed by atoms with E-state index < -0.39 is 22.7 Å².